The van der Waals surface area contributed by atoms with Crippen molar-refractivity contribution in [1.82, 2.24) is 10.6 Å². The van der Waals surface area contributed by atoms with Gasteiger partial charge in [-0.1, -0.05) is 58.8 Å². The van der Waals surface area contributed by atoms with Gasteiger partial charge in [0.2, 0.25) is 0 Å². The third kappa shape index (κ3) is 15.9. The molecule has 0 unspecified atom stereocenters. The molecule has 2 nitrogen and oxygen atoms in total. The third-order valence-electron chi connectivity index (χ3n) is 3.11. The van der Waals surface area contributed by atoms with Gasteiger partial charge in [-0.2, -0.15) is 0 Å². The lowest BCUT2D eigenvalue weighted by Gasteiger charge is -2.05. The van der Waals surface area contributed by atoms with Crippen LogP contribution in [0.25, 0.3) is 0 Å². The predicted octanol–water partition coefficient (Wildman–Crippen LogP) is 3.72. The van der Waals surface area contributed by atoms with Gasteiger partial charge in [0, 0.05) is 13.1 Å². The second-order valence-electron chi connectivity index (χ2n) is 4.97. The zero-order chi connectivity index (χ0) is 12.6. The van der Waals surface area contributed by atoms with Crippen molar-refractivity contribution in [3.8, 4) is 0 Å². The normalized spacial score (nSPS) is 10.9. The molecule has 0 aromatic heterocycles. The van der Waals surface area contributed by atoms with Crippen molar-refractivity contribution in [3.63, 3.8) is 0 Å². The predicted molar refractivity (Wildman–Crippen MR) is 78.6 cm³/mol. The van der Waals surface area contributed by atoms with E-state index in [-0.39, 0.29) is 0 Å². The summed E-state index contributed by atoms with van der Waals surface area (Å²) in [6.07, 6.45) is 12.5. The Kier molecular flexibility index (Phi) is 15.8. The van der Waals surface area contributed by atoms with Crippen LogP contribution in [-0.4, -0.2) is 26.2 Å². The lowest BCUT2D eigenvalue weighted by Crippen LogP contribution is -2.28. The molecule has 0 aliphatic rings. The van der Waals surface area contributed by atoms with Crippen LogP contribution in [0.1, 0.15) is 71.6 Å². The van der Waals surface area contributed by atoms with Gasteiger partial charge in [-0.05, 0) is 25.9 Å². The molecular weight excluding hydrogens is 208 g/mol. The van der Waals surface area contributed by atoms with Crippen molar-refractivity contribution in [2.75, 3.05) is 26.2 Å². The number of hydrogen-bond acceptors (Lipinski definition) is 2. The molecule has 0 amide bonds. The van der Waals surface area contributed by atoms with Gasteiger partial charge in [0.15, 0.2) is 0 Å². The highest BCUT2D eigenvalue weighted by molar-refractivity contribution is 4.52. The molecule has 0 atom stereocenters. The van der Waals surface area contributed by atoms with Crippen LogP contribution in [0, 0.1) is 0 Å². The molecule has 0 aromatic carbocycles. The minimum absolute atomic E-state index is 1.12. The largest absolute Gasteiger partial charge is 0.315 e. The van der Waals surface area contributed by atoms with Crippen molar-refractivity contribution in [2.45, 2.75) is 71.6 Å². The molecule has 0 spiro atoms. The monoisotopic (exact) mass is 242 g/mol. The van der Waals surface area contributed by atoms with E-state index >= 15 is 0 Å². The first-order chi connectivity index (χ1) is 8.41. The van der Waals surface area contributed by atoms with E-state index < -0.39 is 0 Å². The first-order valence-corrected chi connectivity index (χ1v) is 7.83. The molecule has 104 valence electrons. The van der Waals surface area contributed by atoms with E-state index in [1.807, 2.05) is 0 Å². The van der Waals surface area contributed by atoms with Crippen molar-refractivity contribution < 1.29 is 0 Å². The number of unbranched alkanes of at least 4 members (excludes halogenated alkanes) is 7. The second-order valence-corrected chi connectivity index (χ2v) is 4.97. The number of nitrogens with one attached hydrogen (secondary N) is 2. The summed E-state index contributed by atoms with van der Waals surface area (Å²) in [4.78, 5) is 0. The van der Waals surface area contributed by atoms with E-state index in [0.717, 1.165) is 19.6 Å². The first-order valence-electron chi connectivity index (χ1n) is 7.83. The summed E-state index contributed by atoms with van der Waals surface area (Å²) in [6.45, 7) is 9.07. The van der Waals surface area contributed by atoms with Crippen LogP contribution in [0.15, 0.2) is 0 Å². The van der Waals surface area contributed by atoms with Crippen LogP contribution in [-0.2, 0) is 0 Å². The first kappa shape index (κ1) is 16.9. The summed E-state index contributed by atoms with van der Waals surface area (Å²) in [5.41, 5.74) is 0. The van der Waals surface area contributed by atoms with E-state index in [2.05, 4.69) is 24.5 Å². The topological polar surface area (TPSA) is 24.1 Å². The van der Waals surface area contributed by atoms with Gasteiger partial charge >= 0.3 is 0 Å². The Morgan fingerprint density at radius 2 is 1.00 bits per heavy atom. The fourth-order valence-corrected chi connectivity index (χ4v) is 1.99. The fraction of sp³-hybridized carbons (Fsp3) is 1.00. The van der Waals surface area contributed by atoms with Gasteiger partial charge in [-0.25, -0.2) is 0 Å². The van der Waals surface area contributed by atoms with Crippen LogP contribution in [0.2, 0.25) is 0 Å². The van der Waals surface area contributed by atoms with Gasteiger partial charge in [0.1, 0.15) is 0 Å². The lowest BCUT2D eigenvalue weighted by atomic mass is 10.1. The van der Waals surface area contributed by atoms with E-state index in [4.69, 9.17) is 0 Å². The van der Waals surface area contributed by atoms with Crippen LogP contribution >= 0.6 is 0 Å². The molecule has 0 fully saturated rings. The van der Waals surface area contributed by atoms with E-state index in [1.165, 1.54) is 64.3 Å². The lowest BCUT2D eigenvalue weighted by molar-refractivity contribution is 0.546. The average molecular weight is 242 g/mol. The summed E-state index contributed by atoms with van der Waals surface area (Å²) in [5.74, 6) is 0. The van der Waals surface area contributed by atoms with Crippen molar-refractivity contribution in [3.05, 3.63) is 0 Å². The van der Waals surface area contributed by atoms with Gasteiger partial charge in [0.25, 0.3) is 0 Å². The fourth-order valence-electron chi connectivity index (χ4n) is 1.99. The Bertz CT molecular complexity index is 112. The Morgan fingerprint density at radius 3 is 1.59 bits per heavy atom. The average Bonchev–Trinajstić information content (AvgIpc) is 2.35. The highest BCUT2D eigenvalue weighted by atomic mass is 14.9. The molecule has 0 saturated heterocycles. The van der Waals surface area contributed by atoms with Crippen LogP contribution in [0.5, 0.6) is 0 Å². The van der Waals surface area contributed by atoms with Crippen LogP contribution in [0.3, 0.4) is 0 Å². The second kappa shape index (κ2) is 15.9. The van der Waals surface area contributed by atoms with Crippen LogP contribution < -0.4 is 10.6 Å². The number of hydrogen-bond donors (Lipinski definition) is 2. The Balaban J connectivity index is 2.85. The highest BCUT2D eigenvalue weighted by Gasteiger charge is 1.91. The molecule has 0 bridgehead atoms. The van der Waals surface area contributed by atoms with Gasteiger partial charge in [-0.3, -0.25) is 0 Å². The molecule has 0 aliphatic carbocycles. The standard InChI is InChI=1S/C15H34N2/c1-3-5-6-7-8-9-10-11-13-17-15-14-16-12-4-2/h16-17H,3-15H2,1-2H3. The Morgan fingerprint density at radius 1 is 0.471 bits per heavy atom. The summed E-state index contributed by atoms with van der Waals surface area (Å²) >= 11 is 0. The maximum atomic E-state index is 3.49. The van der Waals surface area contributed by atoms with Gasteiger partial charge in [-0.15, -0.1) is 0 Å². The molecule has 2 N–H and O–H groups in total. The van der Waals surface area contributed by atoms with Gasteiger partial charge < -0.3 is 10.6 Å². The molecule has 0 aromatic rings. The maximum Gasteiger partial charge on any atom is 0.00767 e. The SMILES string of the molecule is CCCCCCCCCCNCCNCCC. The highest BCUT2D eigenvalue weighted by Crippen LogP contribution is 2.07. The zero-order valence-corrected chi connectivity index (χ0v) is 12.2. The summed E-state index contributed by atoms with van der Waals surface area (Å²) in [7, 11) is 0. The molecular formula is C15H34N2. The smallest absolute Gasteiger partial charge is 0.00767 e. The van der Waals surface area contributed by atoms with Crippen LogP contribution in [0.4, 0.5) is 0 Å². The van der Waals surface area contributed by atoms with E-state index in [0.29, 0.717) is 0 Å². The third-order valence-corrected chi connectivity index (χ3v) is 3.11. The van der Waals surface area contributed by atoms with Crippen molar-refractivity contribution in [2.24, 2.45) is 0 Å². The summed E-state index contributed by atoms with van der Waals surface area (Å²) in [5, 5.41) is 6.90. The van der Waals surface area contributed by atoms with Gasteiger partial charge in [0.05, 0.1) is 0 Å². The van der Waals surface area contributed by atoms with E-state index in [1.54, 1.807) is 0 Å². The molecule has 0 radical (unpaired) electrons. The Labute approximate surface area is 109 Å². The molecule has 0 saturated carbocycles. The van der Waals surface area contributed by atoms with E-state index in [9.17, 15) is 0 Å². The van der Waals surface area contributed by atoms with Crippen molar-refractivity contribution >= 4 is 0 Å². The molecule has 2 heteroatoms. The maximum absolute atomic E-state index is 3.49. The molecule has 17 heavy (non-hydrogen) atoms. The zero-order valence-electron chi connectivity index (χ0n) is 12.2. The Hall–Kier alpha value is -0.0800. The number of rotatable bonds is 14. The minimum atomic E-state index is 1.12. The molecule has 0 rings (SSSR count). The minimum Gasteiger partial charge on any atom is -0.315 e. The summed E-state index contributed by atoms with van der Waals surface area (Å²) < 4.78 is 0. The molecule has 0 heterocycles. The molecule has 0 aliphatic heterocycles. The van der Waals surface area contributed by atoms with Crippen molar-refractivity contribution in [1.29, 1.82) is 0 Å². The summed E-state index contributed by atoms with van der Waals surface area (Å²) in [6, 6.07) is 0. The quantitative estimate of drug-likeness (QED) is 0.454.